The lowest BCUT2D eigenvalue weighted by molar-refractivity contribution is -0.277. The molecule has 3 rings (SSSR count). The molecule has 0 aliphatic carbocycles. The lowest BCUT2D eigenvalue weighted by Gasteiger charge is -2.39. The lowest BCUT2D eigenvalue weighted by Crippen LogP contribution is -2.60. The third-order valence-corrected chi connectivity index (χ3v) is 3.84. The highest BCUT2D eigenvalue weighted by Gasteiger charge is 2.44. The van der Waals surface area contributed by atoms with E-state index in [0.717, 1.165) is 10.8 Å². The molecular weight excluding hydrogens is 288 g/mol. The van der Waals surface area contributed by atoms with E-state index in [2.05, 4.69) is 0 Å². The van der Waals surface area contributed by atoms with E-state index in [-0.39, 0.29) is 0 Å². The monoisotopic (exact) mass is 306 g/mol. The molecule has 22 heavy (non-hydrogen) atoms. The predicted octanol–water partition coefficient (Wildman–Crippen LogP) is 0.0185. The minimum absolute atomic E-state index is 0.486. The van der Waals surface area contributed by atoms with Crippen LogP contribution in [-0.2, 0) is 4.74 Å². The molecular formula is C16H18O6. The van der Waals surface area contributed by atoms with Crippen LogP contribution in [0, 0.1) is 0 Å². The zero-order valence-electron chi connectivity index (χ0n) is 11.7. The van der Waals surface area contributed by atoms with Crippen LogP contribution >= 0.6 is 0 Å². The van der Waals surface area contributed by atoms with Crippen LogP contribution in [0.3, 0.4) is 0 Å². The second-order valence-electron chi connectivity index (χ2n) is 5.29. The Labute approximate surface area is 127 Å². The van der Waals surface area contributed by atoms with Crippen molar-refractivity contribution in [2.45, 2.75) is 30.7 Å². The maximum atomic E-state index is 10.0. The number of fused-ring (bicyclic) bond motifs is 1. The van der Waals surface area contributed by atoms with Gasteiger partial charge in [0.2, 0.25) is 6.29 Å². The molecule has 1 fully saturated rings. The second-order valence-corrected chi connectivity index (χ2v) is 5.29. The highest BCUT2D eigenvalue weighted by atomic mass is 16.7. The summed E-state index contributed by atoms with van der Waals surface area (Å²) in [5, 5.41) is 40.5. The number of hydrogen-bond donors (Lipinski definition) is 4. The molecule has 0 aromatic heterocycles. The Hall–Kier alpha value is -1.70. The number of hydrogen-bond acceptors (Lipinski definition) is 6. The molecule has 1 heterocycles. The van der Waals surface area contributed by atoms with Crippen LogP contribution in [0.15, 0.2) is 42.5 Å². The predicted molar refractivity (Wildman–Crippen MR) is 78.3 cm³/mol. The normalized spacial score (nSPS) is 32.1. The Bertz CT molecular complexity index is 638. The van der Waals surface area contributed by atoms with Crippen LogP contribution in [0.4, 0.5) is 0 Å². The van der Waals surface area contributed by atoms with Crippen LogP contribution in [0.5, 0.6) is 5.75 Å². The maximum absolute atomic E-state index is 10.0. The largest absolute Gasteiger partial charge is 0.461 e. The van der Waals surface area contributed by atoms with Crippen molar-refractivity contribution in [3.05, 3.63) is 42.5 Å². The topological polar surface area (TPSA) is 99.4 Å². The van der Waals surface area contributed by atoms with Crippen molar-refractivity contribution in [1.29, 1.82) is 0 Å². The van der Waals surface area contributed by atoms with E-state index in [9.17, 15) is 20.4 Å². The summed E-state index contributed by atoms with van der Waals surface area (Å²) in [7, 11) is 0. The quantitative estimate of drug-likeness (QED) is 0.638. The first kappa shape index (κ1) is 15.2. The Morgan fingerprint density at radius 2 is 1.64 bits per heavy atom. The molecule has 6 heteroatoms. The second kappa shape index (κ2) is 6.20. The molecule has 0 saturated carbocycles. The first-order valence-corrected chi connectivity index (χ1v) is 7.07. The molecule has 2 aromatic carbocycles. The summed E-state index contributed by atoms with van der Waals surface area (Å²) in [4.78, 5) is 0. The van der Waals surface area contributed by atoms with E-state index in [1.807, 2.05) is 36.4 Å². The molecule has 4 N–H and O–H groups in total. The van der Waals surface area contributed by atoms with Crippen molar-refractivity contribution >= 4 is 10.8 Å². The van der Waals surface area contributed by atoms with Gasteiger partial charge in [-0.15, -0.1) is 0 Å². The average molecular weight is 306 g/mol. The number of benzene rings is 2. The summed E-state index contributed by atoms with van der Waals surface area (Å²) in [6.07, 6.45) is -6.44. The average Bonchev–Trinajstić information content (AvgIpc) is 2.55. The van der Waals surface area contributed by atoms with Gasteiger partial charge in [0.15, 0.2) is 0 Å². The van der Waals surface area contributed by atoms with Gasteiger partial charge in [-0.2, -0.15) is 0 Å². The van der Waals surface area contributed by atoms with Gasteiger partial charge < -0.3 is 29.9 Å². The first-order chi connectivity index (χ1) is 10.6. The van der Waals surface area contributed by atoms with E-state index in [0.29, 0.717) is 5.75 Å². The minimum Gasteiger partial charge on any atom is -0.461 e. The summed E-state index contributed by atoms with van der Waals surface area (Å²) in [5.74, 6) is 0.488. The summed E-state index contributed by atoms with van der Waals surface area (Å²) in [5.41, 5.74) is 0. The molecule has 0 amide bonds. The summed E-state index contributed by atoms with van der Waals surface area (Å²) in [6, 6.07) is 13.0. The van der Waals surface area contributed by atoms with Gasteiger partial charge >= 0.3 is 0 Å². The molecule has 0 unspecified atom stereocenters. The van der Waals surface area contributed by atoms with Gasteiger partial charge in [0.1, 0.15) is 30.2 Å². The fourth-order valence-corrected chi connectivity index (χ4v) is 2.59. The SMILES string of the molecule is OC[C@@H]1O[C@@H](Oc2cccc3ccccc23)[C@@H](O)[C@H](O)[C@@H]1O. The van der Waals surface area contributed by atoms with Gasteiger partial charge in [0, 0.05) is 5.39 Å². The zero-order chi connectivity index (χ0) is 15.7. The van der Waals surface area contributed by atoms with Gasteiger partial charge in [0.25, 0.3) is 0 Å². The number of aliphatic hydroxyl groups is 4. The molecule has 1 aliphatic heterocycles. The fraction of sp³-hybridized carbons (Fsp3) is 0.375. The summed E-state index contributed by atoms with van der Waals surface area (Å²) < 4.78 is 11.0. The third kappa shape index (κ3) is 2.67. The van der Waals surface area contributed by atoms with Crippen LogP contribution in [0.1, 0.15) is 0 Å². The number of rotatable bonds is 3. The standard InChI is InChI=1S/C16H18O6/c17-8-12-13(18)14(19)15(20)16(22-12)21-11-7-3-5-9-4-1-2-6-10(9)11/h1-7,12-20H,8H2/t12-,13+,14+,15-,16+/m0/s1. The van der Waals surface area contributed by atoms with E-state index in [1.54, 1.807) is 6.07 Å². The molecule has 2 aromatic rings. The minimum atomic E-state index is -1.45. The Kier molecular flexibility index (Phi) is 4.28. The Morgan fingerprint density at radius 1 is 0.909 bits per heavy atom. The van der Waals surface area contributed by atoms with E-state index >= 15 is 0 Å². The van der Waals surface area contributed by atoms with Crippen molar-refractivity contribution in [2.75, 3.05) is 6.61 Å². The molecule has 5 atom stereocenters. The molecule has 1 aliphatic rings. The van der Waals surface area contributed by atoms with E-state index < -0.39 is 37.3 Å². The van der Waals surface area contributed by atoms with Crippen molar-refractivity contribution in [1.82, 2.24) is 0 Å². The third-order valence-electron chi connectivity index (χ3n) is 3.84. The Morgan fingerprint density at radius 3 is 2.41 bits per heavy atom. The van der Waals surface area contributed by atoms with Gasteiger partial charge in [-0.05, 0) is 11.5 Å². The zero-order valence-corrected chi connectivity index (χ0v) is 11.7. The van der Waals surface area contributed by atoms with Crippen LogP contribution in [0.25, 0.3) is 10.8 Å². The van der Waals surface area contributed by atoms with Gasteiger partial charge in [-0.3, -0.25) is 0 Å². The van der Waals surface area contributed by atoms with Crippen LogP contribution in [0.2, 0.25) is 0 Å². The first-order valence-electron chi connectivity index (χ1n) is 7.07. The highest BCUT2D eigenvalue weighted by Crippen LogP contribution is 2.29. The lowest BCUT2D eigenvalue weighted by atomic mass is 9.99. The number of ether oxygens (including phenoxy) is 2. The van der Waals surface area contributed by atoms with Crippen molar-refractivity contribution in [3.8, 4) is 5.75 Å². The maximum Gasteiger partial charge on any atom is 0.229 e. The Balaban J connectivity index is 1.87. The van der Waals surface area contributed by atoms with Crippen LogP contribution < -0.4 is 4.74 Å². The fourth-order valence-electron chi connectivity index (χ4n) is 2.59. The van der Waals surface area contributed by atoms with E-state index in [4.69, 9.17) is 9.47 Å². The molecule has 118 valence electrons. The van der Waals surface area contributed by atoms with Gasteiger partial charge in [-0.1, -0.05) is 36.4 Å². The molecule has 6 nitrogen and oxygen atoms in total. The van der Waals surface area contributed by atoms with Gasteiger partial charge in [-0.25, -0.2) is 0 Å². The van der Waals surface area contributed by atoms with Crippen molar-refractivity contribution in [3.63, 3.8) is 0 Å². The number of aliphatic hydroxyl groups excluding tert-OH is 4. The summed E-state index contributed by atoms with van der Waals surface area (Å²) in [6.45, 7) is -0.486. The molecule has 0 spiro atoms. The highest BCUT2D eigenvalue weighted by molar-refractivity contribution is 5.88. The smallest absolute Gasteiger partial charge is 0.229 e. The van der Waals surface area contributed by atoms with Crippen molar-refractivity contribution < 1.29 is 29.9 Å². The van der Waals surface area contributed by atoms with Crippen molar-refractivity contribution in [2.24, 2.45) is 0 Å². The summed E-state index contributed by atoms with van der Waals surface area (Å²) >= 11 is 0. The van der Waals surface area contributed by atoms with E-state index in [1.165, 1.54) is 0 Å². The molecule has 0 radical (unpaired) electrons. The van der Waals surface area contributed by atoms with Gasteiger partial charge in [0.05, 0.1) is 6.61 Å². The molecule has 0 bridgehead atoms. The van der Waals surface area contributed by atoms with Crippen LogP contribution in [-0.4, -0.2) is 57.7 Å². The molecule has 1 saturated heterocycles.